The van der Waals surface area contributed by atoms with Crippen LogP contribution in [-0.4, -0.2) is 20.6 Å². The van der Waals surface area contributed by atoms with Crippen molar-refractivity contribution in [3.8, 4) is 0 Å². The summed E-state index contributed by atoms with van der Waals surface area (Å²) >= 11 is 7.65. The van der Waals surface area contributed by atoms with Crippen molar-refractivity contribution in [3.05, 3.63) is 88.3 Å². The molecule has 2 aromatic heterocycles. The molecule has 0 amide bonds. The van der Waals surface area contributed by atoms with Gasteiger partial charge in [-0.05, 0) is 48.9 Å². The number of carboxylic acid groups (broad SMARTS) is 1. The van der Waals surface area contributed by atoms with Gasteiger partial charge in [-0.2, -0.15) is 13.2 Å². The first-order chi connectivity index (χ1) is 15.1. The van der Waals surface area contributed by atoms with Gasteiger partial charge in [0.25, 0.3) is 0 Å². The van der Waals surface area contributed by atoms with Gasteiger partial charge in [0.1, 0.15) is 5.69 Å². The maximum Gasteiger partial charge on any atom is 0.433 e. The molecule has 0 aliphatic rings. The summed E-state index contributed by atoms with van der Waals surface area (Å²) in [6, 6.07) is 14.5. The molecule has 0 spiro atoms. The summed E-state index contributed by atoms with van der Waals surface area (Å²) in [5.74, 6) is -1.01. The summed E-state index contributed by atoms with van der Waals surface area (Å²) in [6.45, 7) is 2.22. The lowest BCUT2D eigenvalue weighted by Gasteiger charge is -2.11. The van der Waals surface area contributed by atoms with E-state index in [-0.39, 0.29) is 5.56 Å². The topological polar surface area (TPSA) is 55.1 Å². The first-order valence-corrected chi connectivity index (χ1v) is 10.6. The zero-order valence-electron chi connectivity index (χ0n) is 16.7. The Hall–Kier alpha value is -2.97. The molecular formula is C23H16ClF3N2O2S. The van der Waals surface area contributed by atoms with Crippen LogP contribution in [0.15, 0.2) is 70.6 Å². The van der Waals surface area contributed by atoms with Gasteiger partial charge < -0.3 is 9.67 Å². The third-order valence-corrected chi connectivity index (χ3v) is 6.43. The molecule has 0 aliphatic carbocycles. The molecule has 0 saturated heterocycles. The largest absolute Gasteiger partial charge is 0.478 e. The minimum Gasteiger partial charge on any atom is -0.478 e. The predicted molar refractivity (Wildman–Crippen MR) is 118 cm³/mol. The van der Waals surface area contributed by atoms with Crippen molar-refractivity contribution in [2.45, 2.75) is 29.4 Å². The zero-order valence-corrected chi connectivity index (χ0v) is 18.2. The van der Waals surface area contributed by atoms with Crippen molar-refractivity contribution < 1.29 is 23.1 Å². The van der Waals surface area contributed by atoms with E-state index in [2.05, 4.69) is 4.98 Å². The van der Waals surface area contributed by atoms with Gasteiger partial charge in [-0.15, -0.1) is 0 Å². The average Bonchev–Trinajstić information content (AvgIpc) is 2.99. The minimum absolute atomic E-state index is 0.190. The highest BCUT2D eigenvalue weighted by molar-refractivity contribution is 7.99. The molecule has 9 heteroatoms. The number of carbonyl (C=O) groups is 1. The Morgan fingerprint density at radius 2 is 1.94 bits per heavy atom. The van der Waals surface area contributed by atoms with Crippen molar-refractivity contribution in [2.75, 3.05) is 0 Å². The van der Waals surface area contributed by atoms with Crippen molar-refractivity contribution in [2.24, 2.45) is 0 Å². The first kappa shape index (κ1) is 22.2. The SMILES string of the molecule is Cc1c(Sc2cccc(C(=O)O)c2)c2ccc(Cl)cc2n1Cc1ccc(C(F)(F)F)nc1. The van der Waals surface area contributed by atoms with Gasteiger partial charge in [0, 0.05) is 38.6 Å². The van der Waals surface area contributed by atoms with Crippen LogP contribution in [0, 0.1) is 6.92 Å². The molecule has 0 unspecified atom stereocenters. The number of fused-ring (bicyclic) bond motifs is 1. The summed E-state index contributed by atoms with van der Waals surface area (Å²) in [4.78, 5) is 16.5. The Labute approximate surface area is 190 Å². The number of halogens is 4. The fraction of sp³-hybridized carbons (Fsp3) is 0.130. The number of pyridine rings is 1. The summed E-state index contributed by atoms with van der Waals surface area (Å²) in [5.41, 5.74) is 1.57. The predicted octanol–water partition coefficient (Wildman–Crippen LogP) is 6.91. The van der Waals surface area contributed by atoms with E-state index in [1.54, 1.807) is 24.3 Å². The second-order valence-electron chi connectivity index (χ2n) is 7.15. The first-order valence-electron chi connectivity index (χ1n) is 9.45. The molecule has 0 bridgehead atoms. The number of rotatable bonds is 5. The lowest BCUT2D eigenvalue weighted by atomic mass is 10.2. The quantitative estimate of drug-likeness (QED) is 0.340. The monoisotopic (exact) mass is 476 g/mol. The molecule has 4 nitrogen and oxygen atoms in total. The van der Waals surface area contributed by atoms with Crippen LogP contribution in [0.1, 0.15) is 27.3 Å². The number of alkyl halides is 3. The smallest absolute Gasteiger partial charge is 0.433 e. The van der Waals surface area contributed by atoms with Crippen LogP contribution >= 0.6 is 23.4 Å². The van der Waals surface area contributed by atoms with E-state index < -0.39 is 17.8 Å². The highest BCUT2D eigenvalue weighted by atomic mass is 35.5. The molecular weight excluding hydrogens is 461 g/mol. The van der Waals surface area contributed by atoms with Gasteiger partial charge in [-0.1, -0.05) is 41.6 Å². The van der Waals surface area contributed by atoms with Crippen LogP contribution in [0.4, 0.5) is 13.2 Å². The summed E-state index contributed by atoms with van der Waals surface area (Å²) in [6.07, 6.45) is -3.27. The number of benzene rings is 2. The Bertz CT molecular complexity index is 1320. The summed E-state index contributed by atoms with van der Waals surface area (Å²) in [7, 11) is 0. The van der Waals surface area contributed by atoms with Crippen LogP contribution in [0.5, 0.6) is 0 Å². The average molecular weight is 477 g/mol. The molecule has 4 rings (SSSR count). The number of hydrogen-bond acceptors (Lipinski definition) is 3. The van der Waals surface area contributed by atoms with E-state index in [0.29, 0.717) is 17.1 Å². The second-order valence-corrected chi connectivity index (χ2v) is 8.67. The fourth-order valence-corrected chi connectivity index (χ4v) is 4.70. The van der Waals surface area contributed by atoms with E-state index in [1.165, 1.54) is 30.1 Å². The third-order valence-electron chi connectivity index (χ3n) is 4.99. The Morgan fingerprint density at radius 3 is 2.59 bits per heavy atom. The minimum atomic E-state index is -4.49. The Kier molecular flexibility index (Phi) is 5.92. The van der Waals surface area contributed by atoms with E-state index in [1.807, 2.05) is 23.6 Å². The van der Waals surface area contributed by atoms with Gasteiger partial charge in [0.15, 0.2) is 0 Å². The highest BCUT2D eigenvalue weighted by Crippen LogP contribution is 2.39. The standard InChI is InChI=1S/C23H16ClF3N2O2S/c1-13-21(32-17-4-2-3-15(9-17)22(30)31)18-7-6-16(24)10-19(18)29(13)12-14-5-8-20(28-11-14)23(25,26)27/h2-11H,12H2,1H3,(H,30,31). The van der Waals surface area contributed by atoms with Crippen LogP contribution in [-0.2, 0) is 12.7 Å². The molecule has 2 aromatic carbocycles. The lowest BCUT2D eigenvalue weighted by molar-refractivity contribution is -0.141. The molecule has 2 heterocycles. The van der Waals surface area contributed by atoms with Gasteiger partial charge >= 0.3 is 12.1 Å². The van der Waals surface area contributed by atoms with Crippen molar-refractivity contribution in [1.29, 1.82) is 0 Å². The lowest BCUT2D eigenvalue weighted by Crippen LogP contribution is -2.09. The van der Waals surface area contributed by atoms with Gasteiger partial charge in [0.05, 0.1) is 11.1 Å². The van der Waals surface area contributed by atoms with Crippen molar-refractivity contribution in [3.63, 3.8) is 0 Å². The Morgan fingerprint density at radius 1 is 1.16 bits per heavy atom. The van der Waals surface area contributed by atoms with E-state index >= 15 is 0 Å². The molecule has 0 saturated carbocycles. The summed E-state index contributed by atoms with van der Waals surface area (Å²) in [5, 5.41) is 10.7. The molecule has 32 heavy (non-hydrogen) atoms. The van der Waals surface area contributed by atoms with Gasteiger partial charge in [0.2, 0.25) is 0 Å². The van der Waals surface area contributed by atoms with Gasteiger partial charge in [-0.3, -0.25) is 4.98 Å². The molecule has 4 aromatic rings. The maximum atomic E-state index is 12.8. The molecule has 0 radical (unpaired) electrons. The number of carboxylic acids is 1. The fourth-order valence-electron chi connectivity index (χ4n) is 3.43. The normalized spacial score (nSPS) is 11.8. The molecule has 164 valence electrons. The Balaban J connectivity index is 1.75. The van der Waals surface area contributed by atoms with Crippen molar-refractivity contribution >= 4 is 40.2 Å². The molecule has 0 aliphatic heterocycles. The highest BCUT2D eigenvalue weighted by Gasteiger charge is 2.32. The number of aromatic nitrogens is 2. The number of nitrogens with zero attached hydrogens (tertiary/aromatic N) is 2. The van der Waals surface area contributed by atoms with Crippen LogP contribution in [0.25, 0.3) is 10.9 Å². The van der Waals surface area contributed by atoms with Crippen LogP contribution in [0.3, 0.4) is 0 Å². The number of aromatic carboxylic acids is 1. The summed E-state index contributed by atoms with van der Waals surface area (Å²) < 4.78 is 40.5. The van der Waals surface area contributed by atoms with Crippen molar-refractivity contribution in [1.82, 2.24) is 9.55 Å². The third kappa shape index (κ3) is 4.47. The van der Waals surface area contributed by atoms with Crippen LogP contribution in [0.2, 0.25) is 5.02 Å². The molecule has 0 atom stereocenters. The van der Waals surface area contributed by atoms with Gasteiger partial charge in [-0.25, -0.2) is 4.79 Å². The molecule has 1 N–H and O–H groups in total. The van der Waals surface area contributed by atoms with Crippen LogP contribution < -0.4 is 0 Å². The second kappa shape index (κ2) is 8.52. The zero-order chi connectivity index (χ0) is 23.0. The van der Waals surface area contributed by atoms with E-state index in [4.69, 9.17) is 11.6 Å². The maximum absolute atomic E-state index is 12.8. The molecule has 0 fully saturated rings. The van der Waals surface area contributed by atoms with E-state index in [0.717, 1.165) is 32.5 Å². The number of hydrogen-bond donors (Lipinski definition) is 1. The van der Waals surface area contributed by atoms with E-state index in [9.17, 15) is 23.1 Å².